The lowest BCUT2D eigenvalue weighted by Gasteiger charge is -2.22. The van der Waals surface area contributed by atoms with Crippen LogP contribution in [-0.4, -0.2) is 0 Å². The summed E-state index contributed by atoms with van der Waals surface area (Å²) in [5.41, 5.74) is 8.70. The van der Waals surface area contributed by atoms with Crippen molar-refractivity contribution in [3.8, 4) is 22.3 Å². The Bertz CT molecular complexity index is 1490. The van der Waals surface area contributed by atoms with Gasteiger partial charge in [-0.1, -0.05) is 103 Å². The summed E-state index contributed by atoms with van der Waals surface area (Å²) in [5.74, 6) is 6.18. The molecule has 0 bridgehead atoms. The molecule has 6 aromatic rings. The maximum Gasteiger partial charge on any atom is 0.0649 e. The standard InChI is InChI=1S/C28H20N2/c29-30-28-23-17-15-21-13-7-12-20-14-16-22(27(23)24(20)21)25(18-8-3-1-4-9-18)26(28)19-10-5-2-6-11-19/h1-17,30H,29H2. The molecule has 2 nitrogen and oxygen atoms in total. The van der Waals surface area contributed by atoms with Crippen LogP contribution >= 0.6 is 0 Å². The van der Waals surface area contributed by atoms with E-state index in [2.05, 4.69) is 102 Å². The summed E-state index contributed by atoms with van der Waals surface area (Å²) >= 11 is 0. The van der Waals surface area contributed by atoms with Crippen molar-refractivity contribution < 1.29 is 0 Å². The third-order valence-electron chi connectivity index (χ3n) is 6.08. The molecule has 6 rings (SSSR count). The zero-order valence-corrected chi connectivity index (χ0v) is 16.4. The predicted molar refractivity (Wildman–Crippen MR) is 129 cm³/mol. The average molecular weight is 384 g/mol. The summed E-state index contributed by atoms with van der Waals surface area (Å²) in [7, 11) is 0. The first kappa shape index (κ1) is 17.0. The number of rotatable bonds is 3. The fourth-order valence-electron chi connectivity index (χ4n) is 4.84. The maximum atomic E-state index is 6.18. The minimum Gasteiger partial charge on any atom is -0.323 e. The second kappa shape index (κ2) is 6.58. The fraction of sp³-hybridized carbons (Fsp3) is 0. The minimum atomic E-state index is 0.964. The topological polar surface area (TPSA) is 38.0 Å². The molecule has 0 aliphatic carbocycles. The third kappa shape index (κ3) is 2.35. The molecule has 3 N–H and O–H groups in total. The van der Waals surface area contributed by atoms with Crippen LogP contribution in [0.25, 0.3) is 54.6 Å². The molecule has 0 saturated carbocycles. The first-order valence-electron chi connectivity index (χ1n) is 10.2. The van der Waals surface area contributed by atoms with Gasteiger partial charge in [0.05, 0.1) is 5.69 Å². The van der Waals surface area contributed by atoms with Gasteiger partial charge < -0.3 is 5.43 Å². The Hall–Kier alpha value is -3.88. The van der Waals surface area contributed by atoms with E-state index in [1.165, 1.54) is 38.1 Å². The van der Waals surface area contributed by atoms with Crippen molar-refractivity contribution in [3.63, 3.8) is 0 Å². The van der Waals surface area contributed by atoms with Crippen molar-refractivity contribution in [2.75, 3.05) is 5.43 Å². The van der Waals surface area contributed by atoms with E-state index in [9.17, 15) is 0 Å². The molecule has 0 radical (unpaired) electrons. The van der Waals surface area contributed by atoms with Crippen LogP contribution in [0.15, 0.2) is 103 Å². The van der Waals surface area contributed by atoms with E-state index >= 15 is 0 Å². The predicted octanol–water partition coefficient (Wildman–Crippen LogP) is 7.20. The van der Waals surface area contributed by atoms with Crippen LogP contribution in [0.4, 0.5) is 5.69 Å². The lowest BCUT2D eigenvalue weighted by atomic mass is 9.83. The molecular formula is C28H20N2. The zero-order valence-electron chi connectivity index (χ0n) is 16.4. The van der Waals surface area contributed by atoms with Gasteiger partial charge in [0, 0.05) is 16.3 Å². The van der Waals surface area contributed by atoms with Crippen LogP contribution < -0.4 is 11.3 Å². The van der Waals surface area contributed by atoms with Gasteiger partial charge in [-0.2, -0.15) is 0 Å². The average Bonchev–Trinajstić information content (AvgIpc) is 2.82. The normalized spacial score (nSPS) is 11.5. The van der Waals surface area contributed by atoms with Gasteiger partial charge in [0.25, 0.3) is 0 Å². The summed E-state index contributed by atoms with van der Waals surface area (Å²) < 4.78 is 0. The Labute approximate surface area is 174 Å². The monoisotopic (exact) mass is 384 g/mol. The van der Waals surface area contributed by atoms with Crippen molar-refractivity contribution in [1.82, 2.24) is 0 Å². The van der Waals surface area contributed by atoms with Crippen molar-refractivity contribution in [3.05, 3.63) is 103 Å². The van der Waals surface area contributed by atoms with E-state index in [1.807, 2.05) is 6.07 Å². The van der Waals surface area contributed by atoms with E-state index in [1.54, 1.807) is 0 Å². The summed E-state index contributed by atoms with van der Waals surface area (Å²) in [6.07, 6.45) is 0. The smallest absolute Gasteiger partial charge is 0.0649 e. The van der Waals surface area contributed by atoms with Crippen LogP contribution in [0, 0.1) is 0 Å². The number of nitrogen functional groups attached to an aromatic ring is 1. The molecule has 0 aliphatic heterocycles. The summed E-state index contributed by atoms with van der Waals surface area (Å²) in [5, 5.41) is 7.45. The summed E-state index contributed by atoms with van der Waals surface area (Å²) in [4.78, 5) is 0. The Morgan fingerprint density at radius 1 is 0.467 bits per heavy atom. The second-order valence-corrected chi connectivity index (χ2v) is 7.68. The Morgan fingerprint density at radius 3 is 1.63 bits per heavy atom. The van der Waals surface area contributed by atoms with Crippen LogP contribution in [0.5, 0.6) is 0 Å². The van der Waals surface area contributed by atoms with Gasteiger partial charge in [0.15, 0.2) is 0 Å². The van der Waals surface area contributed by atoms with Gasteiger partial charge in [-0.05, 0) is 38.2 Å². The van der Waals surface area contributed by atoms with E-state index in [0.29, 0.717) is 0 Å². The summed E-state index contributed by atoms with van der Waals surface area (Å²) in [6.45, 7) is 0. The second-order valence-electron chi connectivity index (χ2n) is 7.68. The molecule has 0 spiro atoms. The van der Waals surface area contributed by atoms with Gasteiger partial charge in [0.1, 0.15) is 0 Å². The molecule has 0 saturated heterocycles. The van der Waals surface area contributed by atoms with Crippen LogP contribution in [-0.2, 0) is 0 Å². The Morgan fingerprint density at radius 2 is 1.03 bits per heavy atom. The van der Waals surface area contributed by atoms with Crippen molar-refractivity contribution in [2.24, 2.45) is 5.84 Å². The molecule has 0 unspecified atom stereocenters. The molecule has 0 atom stereocenters. The van der Waals surface area contributed by atoms with Crippen molar-refractivity contribution in [1.29, 1.82) is 0 Å². The van der Waals surface area contributed by atoms with E-state index in [4.69, 9.17) is 5.84 Å². The first-order valence-corrected chi connectivity index (χ1v) is 10.2. The SMILES string of the molecule is NNc1c(-c2ccccc2)c(-c2ccccc2)c2ccc3cccc4ccc1c2c43. The van der Waals surface area contributed by atoms with Crippen molar-refractivity contribution in [2.45, 2.75) is 0 Å². The molecule has 30 heavy (non-hydrogen) atoms. The van der Waals surface area contributed by atoms with Crippen molar-refractivity contribution >= 4 is 38.0 Å². The van der Waals surface area contributed by atoms with Crippen LogP contribution in [0.2, 0.25) is 0 Å². The number of nitrogens with one attached hydrogen (secondary N) is 1. The third-order valence-corrected chi connectivity index (χ3v) is 6.08. The van der Waals surface area contributed by atoms with E-state index in [0.717, 1.165) is 22.2 Å². The van der Waals surface area contributed by atoms with Crippen LogP contribution in [0.1, 0.15) is 0 Å². The molecule has 2 heteroatoms. The van der Waals surface area contributed by atoms with Gasteiger partial charge >= 0.3 is 0 Å². The minimum absolute atomic E-state index is 0.964. The lowest BCUT2D eigenvalue weighted by Crippen LogP contribution is -2.10. The number of hydrogen-bond donors (Lipinski definition) is 2. The van der Waals surface area contributed by atoms with Gasteiger partial charge in [-0.3, -0.25) is 5.84 Å². The fourth-order valence-corrected chi connectivity index (χ4v) is 4.84. The molecule has 0 aromatic heterocycles. The van der Waals surface area contributed by atoms with Gasteiger partial charge in [-0.25, -0.2) is 0 Å². The first-order chi connectivity index (χ1) is 14.9. The van der Waals surface area contributed by atoms with E-state index in [-0.39, 0.29) is 0 Å². The molecule has 0 fully saturated rings. The highest BCUT2D eigenvalue weighted by molar-refractivity contribution is 6.30. The zero-order chi connectivity index (χ0) is 20.1. The molecule has 0 aliphatic rings. The molecule has 6 aromatic carbocycles. The number of hydrogen-bond acceptors (Lipinski definition) is 2. The molecule has 0 heterocycles. The molecule has 0 amide bonds. The Balaban J connectivity index is 1.92. The maximum absolute atomic E-state index is 6.18. The largest absolute Gasteiger partial charge is 0.323 e. The highest BCUT2D eigenvalue weighted by Gasteiger charge is 2.21. The van der Waals surface area contributed by atoms with Gasteiger partial charge in [-0.15, -0.1) is 0 Å². The molecular weight excluding hydrogens is 364 g/mol. The highest BCUT2D eigenvalue weighted by atomic mass is 15.2. The van der Waals surface area contributed by atoms with Gasteiger partial charge in [0.2, 0.25) is 0 Å². The Kier molecular flexibility index (Phi) is 3.73. The number of anilines is 1. The lowest BCUT2D eigenvalue weighted by molar-refractivity contribution is 1.37. The van der Waals surface area contributed by atoms with Crippen LogP contribution in [0.3, 0.4) is 0 Å². The number of benzene rings is 6. The number of nitrogens with two attached hydrogens (primary N) is 1. The highest BCUT2D eigenvalue weighted by Crippen LogP contribution is 2.49. The summed E-state index contributed by atoms with van der Waals surface area (Å²) in [6, 6.07) is 36.5. The molecule has 142 valence electrons. The van der Waals surface area contributed by atoms with E-state index < -0.39 is 0 Å². The quantitative estimate of drug-likeness (QED) is 0.192. The number of hydrazine groups is 1.